The molecular weight excluding hydrogens is 240 g/mol. The summed E-state index contributed by atoms with van der Waals surface area (Å²) in [6.45, 7) is 0.721. The highest BCUT2D eigenvalue weighted by molar-refractivity contribution is 5.23. The lowest BCUT2D eigenvalue weighted by Gasteiger charge is -1.96. The fraction of sp³-hybridized carbons (Fsp3) is 0.0833. The maximum Gasteiger partial charge on any atom is 0.281 e. The Hall–Kier alpha value is -1.94. The molecule has 0 fully saturated rings. The van der Waals surface area contributed by atoms with E-state index in [2.05, 4.69) is 0 Å². The van der Waals surface area contributed by atoms with Crippen LogP contribution in [0, 0.1) is 10.1 Å². The third-order valence-corrected chi connectivity index (χ3v) is 2.29. The molecule has 1 aromatic carbocycles. The molecule has 4 nitrogen and oxygen atoms in total. The lowest BCUT2D eigenvalue weighted by molar-refractivity contribution is -0.688. The van der Waals surface area contributed by atoms with Gasteiger partial charge in [-0.3, -0.25) is 10.1 Å². The summed E-state index contributed by atoms with van der Waals surface area (Å²) in [7, 11) is 0. The molecule has 0 radical (unpaired) electrons. The molecule has 88 valence electrons. The van der Waals surface area contributed by atoms with Crippen molar-refractivity contribution in [2.75, 3.05) is 0 Å². The van der Waals surface area contributed by atoms with Crippen LogP contribution in [-0.4, -0.2) is 4.92 Å². The maximum absolute atomic E-state index is 10.5. The monoisotopic (exact) mass is 250 g/mol. The molecule has 0 aliphatic heterocycles. The second kappa shape index (κ2) is 5.96. The summed E-state index contributed by atoms with van der Waals surface area (Å²) in [4.78, 5) is 10.1. The molecule has 2 rings (SSSR count). The second-order valence-electron chi connectivity index (χ2n) is 3.47. The van der Waals surface area contributed by atoms with Gasteiger partial charge in [0, 0.05) is 5.56 Å². The molecule has 5 heteroatoms. The molecule has 0 aliphatic carbocycles. The molecular formula is C12H11ClN2O2. The van der Waals surface area contributed by atoms with Gasteiger partial charge in [0.05, 0.1) is 17.1 Å². The van der Waals surface area contributed by atoms with E-state index in [1.165, 1.54) is 17.7 Å². The molecule has 2 aromatic rings. The summed E-state index contributed by atoms with van der Waals surface area (Å²) < 4.78 is 1.91. The minimum absolute atomic E-state index is 0. The van der Waals surface area contributed by atoms with Gasteiger partial charge in [-0.1, -0.05) is 30.3 Å². The number of rotatable bonds is 3. The van der Waals surface area contributed by atoms with Crippen LogP contribution in [0.3, 0.4) is 0 Å². The molecule has 0 saturated heterocycles. The zero-order valence-corrected chi connectivity index (χ0v) is 9.75. The van der Waals surface area contributed by atoms with Crippen molar-refractivity contribution in [1.29, 1.82) is 0 Å². The van der Waals surface area contributed by atoms with Crippen molar-refractivity contribution >= 4 is 5.69 Å². The van der Waals surface area contributed by atoms with Crippen LogP contribution in [0.15, 0.2) is 54.9 Å². The molecule has 0 spiro atoms. The standard InChI is InChI=1S/C12H11N2O2.ClH/c15-14(16)12-6-8-13(9-7-12)10-11-4-2-1-3-5-11;/h1-9H,10H2;1H/q+1;/p-1. The van der Waals surface area contributed by atoms with Crippen LogP contribution in [0.5, 0.6) is 0 Å². The highest BCUT2D eigenvalue weighted by atomic mass is 35.5. The van der Waals surface area contributed by atoms with Crippen molar-refractivity contribution in [3.8, 4) is 0 Å². The highest BCUT2D eigenvalue weighted by Gasteiger charge is 2.08. The minimum atomic E-state index is -0.396. The van der Waals surface area contributed by atoms with Gasteiger partial charge in [0.1, 0.15) is 0 Å². The van der Waals surface area contributed by atoms with Crippen LogP contribution in [-0.2, 0) is 6.54 Å². The highest BCUT2D eigenvalue weighted by Crippen LogP contribution is 2.06. The van der Waals surface area contributed by atoms with E-state index in [0.717, 1.165) is 6.54 Å². The Labute approximate surface area is 105 Å². The van der Waals surface area contributed by atoms with Gasteiger partial charge in [-0.15, -0.1) is 0 Å². The molecule has 0 atom stereocenters. The van der Waals surface area contributed by atoms with Crippen molar-refractivity contribution in [3.05, 3.63) is 70.5 Å². The van der Waals surface area contributed by atoms with Gasteiger partial charge < -0.3 is 12.4 Å². The molecule has 0 saturated carbocycles. The first-order valence-corrected chi connectivity index (χ1v) is 4.93. The summed E-state index contributed by atoms with van der Waals surface area (Å²) in [5.41, 5.74) is 1.28. The van der Waals surface area contributed by atoms with Crippen molar-refractivity contribution < 1.29 is 21.9 Å². The Bertz CT molecular complexity index is 486. The molecule has 1 aromatic heterocycles. The van der Waals surface area contributed by atoms with Gasteiger partial charge in [-0.25, -0.2) is 4.57 Å². The largest absolute Gasteiger partial charge is 1.00 e. The van der Waals surface area contributed by atoms with E-state index in [-0.39, 0.29) is 18.1 Å². The number of benzene rings is 1. The van der Waals surface area contributed by atoms with Crippen molar-refractivity contribution in [1.82, 2.24) is 0 Å². The van der Waals surface area contributed by atoms with E-state index in [1.807, 2.05) is 34.9 Å². The number of pyridine rings is 1. The zero-order valence-electron chi connectivity index (χ0n) is 8.99. The van der Waals surface area contributed by atoms with Gasteiger partial charge >= 0.3 is 0 Å². The van der Waals surface area contributed by atoms with Crippen LogP contribution in [0.2, 0.25) is 0 Å². The average Bonchev–Trinajstić information content (AvgIpc) is 2.31. The zero-order chi connectivity index (χ0) is 11.4. The quantitative estimate of drug-likeness (QED) is 0.396. The summed E-state index contributed by atoms with van der Waals surface area (Å²) in [5, 5.41) is 10.5. The van der Waals surface area contributed by atoms with E-state index in [1.54, 1.807) is 12.4 Å². The number of nitrogens with zero attached hydrogens (tertiary/aromatic N) is 2. The smallest absolute Gasteiger partial charge is 0.281 e. The molecule has 0 aliphatic rings. The first kappa shape index (κ1) is 13.1. The van der Waals surface area contributed by atoms with Gasteiger partial charge in [0.2, 0.25) is 0 Å². The van der Waals surface area contributed by atoms with E-state index < -0.39 is 4.92 Å². The topological polar surface area (TPSA) is 47.0 Å². The Balaban J connectivity index is 0.00000144. The van der Waals surface area contributed by atoms with Crippen LogP contribution < -0.4 is 17.0 Å². The predicted molar refractivity (Wildman–Crippen MR) is 58.8 cm³/mol. The molecule has 17 heavy (non-hydrogen) atoms. The molecule has 0 amide bonds. The van der Waals surface area contributed by atoms with Crippen LogP contribution >= 0.6 is 0 Å². The second-order valence-corrected chi connectivity index (χ2v) is 3.47. The van der Waals surface area contributed by atoms with E-state index in [4.69, 9.17) is 0 Å². The molecule has 0 bridgehead atoms. The van der Waals surface area contributed by atoms with Gasteiger partial charge in [-0.2, -0.15) is 0 Å². The van der Waals surface area contributed by atoms with Crippen molar-refractivity contribution in [2.45, 2.75) is 6.54 Å². The third kappa shape index (κ3) is 3.53. The third-order valence-electron chi connectivity index (χ3n) is 2.29. The van der Waals surface area contributed by atoms with Gasteiger partial charge in [-0.05, 0) is 0 Å². The van der Waals surface area contributed by atoms with Crippen LogP contribution in [0.25, 0.3) is 0 Å². The number of hydrogen-bond donors (Lipinski definition) is 0. The number of halogens is 1. The average molecular weight is 251 g/mol. The molecule has 1 heterocycles. The summed E-state index contributed by atoms with van der Waals surface area (Å²) in [6, 6.07) is 13.0. The van der Waals surface area contributed by atoms with E-state index >= 15 is 0 Å². The van der Waals surface area contributed by atoms with Crippen LogP contribution in [0.4, 0.5) is 5.69 Å². The summed E-state index contributed by atoms with van der Waals surface area (Å²) in [5.74, 6) is 0. The van der Waals surface area contributed by atoms with Gasteiger partial charge in [0.15, 0.2) is 18.9 Å². The van der Waals surface area contributed by atoms with Crippen molar-refractivity contribution in [2.24, 2.45) is 0 Å². The number of aromatic nitrogens is 1. The summed E-state index contributed by atoms with van der Waals surface area (Å²) >= 11 is 0. The fourth-order valence-electron chi connectivity index (χ4n) is 1.47. The minimum Gasteiger partial charge on any atom is -1.00 e. The number of hydrogen-bond acceptors (Lipinski definition) is 2. The maximum atomic E-state index is 10.5. The van der Waals surface area contributed by atoms with Crippen molar-refractivity contribution in [3.63, 3.8) is 0 Å². The number of nitro groups is 1. The lowest BCUT2D eigenvalue weighted by atomic mass is 10.2. The van der Waals surface area contributed by atoms with E-state index in [9.17, 15) is 10.1 Å². The predicted octanol–water partition coefficient (Wildman–Crippen LogP) is -1.07. The Morgan fingerprint density at radius 2 is 1.65 bits per heavy atom. The lowest BCUT2D eigenvalue weighted by Crippen LogP contribution is -3.00. The first-order chi connectivity index (χ1) is 7.75. The Morgan fingerprint density at radius 1 is 1.06 bits per heavy atom. The van der Waals surface area contributed by atoms with Gasteiger partial charge in [0.25, 0.3) is 5.69 Å². The fourth-order valence-corrected chi connectivity index (χ4v) is 1.47. The Morgan fingerprint density at radius 3 is 2.18 bits per heavy atom. The Kier molecular flexibility index (Phi) is 4.60. The van der Waals surface area contributed by atoms with Crippen LogP contribution in [0.1, 0.15) is 5.56 Å². The summed E-state index contributed by atoms with van der Waals surface area (Å²) in [6.07, 6.45) is 3.43. The first-order valence-electron chi connectivity index (χ1n) is 4.93. The molecule has 0 unspecified atom stereocenters. The normalized spacial score (nSPS) is 9.41. The molecule has 0 N–H and O–H groups in total. The SMILES string of the molecule is O=[N+]([O-])c1cc[n+](Cc2ccccc2)cc1.[Cl-]. The van der Waals surface area contributed by atoms with E-state index in [0.29, 0.717) is 0 Å².